The topological polar surface area (TPSA) is 131 Å². The van der Waals surface area contributed by atoms with Crippen molar-refractivity contribution in [3.05, 3.63) is 249 Å². The number of H-pyrrole nitrogens is 1. The van der Waals surface area contributed by atoms with Gasteiger partial charge in [-0.1, -0.05) is 108 Å². The molecule has 0 radical (unpaired) electrons. The number of halogens is 10. The molecule has 0 spiro atoms. The third kappa shape index (κ3) is 12.7. The van der Waals surface area contributed by atoms with Crippen LogP contribution in [0, 0.1) is 11.6 Å². The Hall–Kier alpha value is -7.47. The number of benzene rings is 6. The smallest absolute Gasteiger partial charge is 0.397 e. The highest BCUT2D eigenvalue weighted by molar-refractivity contribution is 7.47. The summed E-state index contributed by atoms with van der Waals surface area (Å²) in [4.78, 5) is 16.4. The number of nitrogens with one attached hydrogen (secondary N) is 2. The molecule has 0 aliphatic heterocycles. The molecule has 6 aromatic carbocycles. The molecule has 19 heteroatoms. The molecule has 0 saturated carbocycles. The SMILES string of the molecule is Fc1cc(C(F)(F)F)cc(C(Cc2ccccc2)(N=S)c2ccc(Cl)cn2)c1.Fc1cc(C(F)(F)F)cc(C(Cc2ccccc2)(Nc2nc3ccccc3[nH]2)c2ccc(Cl)cn2)c1.Nc1ccccc1N. The van der Waals surface area contributed by atoms with E-state index < -0.39 is 46.2 Å². The Labute approximate surface area is 423 Å². The Kier molecular flexibility index (Phi) is 16.2. The number of nitrogen functional groups attached to an aromatic ring is 2. The molecule has 0 bridgehead atoms. The molecule has 0 amide bonds. The fourth-order valence-electron chi connectivity index (χ4n) is 7.75. The van der Waals surface area contributed by atoms with Crippen LogP contribution < -0.4 is 16.8 Å². The number of fused-ring (bicyclic) bond motifs is 1. The number of aromatic amines is 1. The first kappa shape index (κ1) is 52.4. The number of hydrogen-bond acceptors (Lipinski definition) is 8. The number of pyridine rings is 2. The second-order valence-corrected chi connectivity index (χ2v) is 17.3. The van der Waals surface area contributed by atoms with Gasteiger partial charge in [-0.2, -0.15) is 26.3 Å². The minimum absolute atomic E-state index is 0.0338. The zero-order valence-corrected chi connectivity index (χ0v) is 39.7. The van der Waals surface area contributed by atoms with E-state index in [-0.39, 0.29) is 29.7 Å². The molecule has 72 heavy (non-hydrogen) atoms. The van der Waals surface area contributed by atoms with Gasteiger partial charge in [0.25, 0.3) is 0 Å². The summed E-state index contributed by atoms with van der Waals surface area (Å²) in [5, 5.41) is 3.98. The van der Waals surface area contributed by atoms with Crippen LogP contribution in [0.2, 0.25) is 10.0 Å². The van der Waals surface area contributed by atoms with Gasteiger partial charge in [0.1, 0.15) is 22.7 Å². The molecule has 8 nitrogen and oxygen atoms in total. The second-order valence-electron chi connectivity index (χ2n) is 16.2. The van der Waals surface area contributed by atoms with Crippen molar-refractivity contribution in [3.63, 3.8) is 0 Å². The quantitative estimate of drug-likeness (QED) is 0.0749. The zero-order chi connectivity index (χ0) is 51.7. The maximum absolute atomic E-state index is 14.7. The summed E-state index contributed by atoms with van der Waals surface area (Å²) >= 11 is 17.0. The van der Waals surface area contributed by atoms with E-state index >= 15 is 0 Å². The van der Waals surface area contributed by atoms with Gasteiger partial charge in [-0.05, 0) is 107 Å². The van der Waals surface area contributed by atoms with Gasteiger partial charge in [0, 0.05) is 37.7 Å². The van der Waals surface area contributed by atoms with E-state index in [1.165, 1.54) is 24.5 Å². The summed E-state index contributed by atoms with van der Waals surface area (Å²) < 4.78 is 114. The van der Waals surface area contributed by atoms with E-state index in [0.29, 0.717) is 50.7 Å². The molecule has 0 fully saturated rings. The van der Waals surface area contributed by atoms with E-state index in [1.807, 2.05) is 60.7 Å². The number of aromatic nitrogens is 4. The van der Waals surface area contributed by atoms with Crippen molar-refractivity contribution in [2.45, 2.75) is 36.3 Å². The van der Waals surface area contributed by atoms with Gasteiger partial charge in [0.15, 0.2) is 0 Å². The number of alkyl halides is 6. The Bertz CT molecular complexity index is 3200. The Balaban J connectivity index is 0.000000187. The minimum Gasteiger partial charge on any atom is -0.397 e. The number of imidazole rings is 1. The van der Waals surface area contributed by atoms with Gasteiger partial charge >= 0.3 is 12.4 Å². The van der Waals surface area contributed by atoms with Crippen molar-refractivity contribution in [2.75, 3.05) is 16.8 Å². The molecule has 2 unspecified atom stereocenters. The lowest BCUT2D eigenvalue weighted by Crippen LogP contribution is -2.40. The van der Waals surface area contributed by atoms with Crippen LogP contribution in [0.4, 0.5) is 52.4 Å². The lowest BCUT2D eigenvalue weighted by molar-refractivity contribution is -0.138. The van der Waals surface area contributed by atoms with Gasteiger partial charge in [-0.15, -0.1) is 0 Å². The van der Waals surface area contributed by atoms with Crippen LogP contribution in [-0.4, -0.2) is 19.9 Å². The third-order valence-corrected chi connectivity index (χ3v) is 12.0. The number of rotatable bonds is 11. The molecule has 3 heterocycles. The summed E-state index contributed by atoms with van der Waals surface area (Å²) in [6.07, 6.45) is -6.47. The normalized spacial score (nSPS) is 13.1. The van der Waals surface area contributed by atoms with Crippen molar-refractivity contribution < 1.29 is 35.1 Å². The van der Waals surface area contributed by atoms with Gasteiger partial charge < -0.3 is 21.8 Å². The molecule has 0 aliphatic rings. The maximum Gasteiger partial charge on any atom is 0.416 e. The van der Waals surface area contributed by atoms with E-state index in [4.69, 9.17) is 47.1 Å². The van der Waals surface area contributed by atoms with Crippen molar-refractivity contribution in [1.82, 2.24) is 19.9 Å². The zero-order valence-electron chi connectivity index (χ0n) is 37.4. The molecular weight excluding hydrogens is 1000 g/mol. The number of para-hydroxylation sites is 4. The Morgan fingerprint density at radius 1 is 0.542 bits per heavy atom. The molecule has 368 valence electrons. The molecule has 9 rings (SSSR count). The van der Waals surface area contributed by atoms with Crippen LogP contribution in [0.15, 0.2) is 187 Å². The first-order valence-electron chi connectivity index (χ1n) is 21.5. The maximum atomic E-state index is 14.7. The number of nitrogens with zero attached hydrogens (tertiary/aromatic N) is 4. The summed E-state index contributed by atoms with van der Waals surface area (Å²) in [5.41, 5.74) is 10.5. The lowest BCUT2D eigenvalue weighted by atomic mass is 9.80. The van der Waals surface area contributed by atoms with Crippen LogP contribution in [-0.2, 0) is 48.7 Å². The third-order valence-electron chi connectivity index (χ3n) is 11.2. The van der Waals surface area contributed by atoms with Crippen LogP contribution in [0.3, 0.4) is 0 Å². The number of hydrogen-bond donors (Lipinski definition) is 4. The highest BCUT2D eigenvalue weighted by Crippen LogP contribution is 2.42. The van der Waals surface area contributed by atoms with Gasteiger partial charge in [0.2, 0.25) is 5.95 Å². The Morgan fingerprint density at radius 3 is 1.49 bits per heavy atom. The van der Waals surface area contributed by atoms with Gasteiger partial charge in [-0.25, -0.2) is 18.1 Å². The standard InChI is InChI=1S/C27H19ClF4N4.C20H13ClF4N2S.C6H8N2/c28-20-10-11-24(33-16-20)26(15-17-6-2-1-3-7-17,18-12-19(27(30,31)32)14-21(29)13-18)36-25-34-22-8-4-5-9-23(22)35-25;21-16-6-7-18(26-12-16)19(27-28,11-13-4-2-1-3-5-13)14-8-15(20(23,24)25)10-17(22)9-14;7-5-3-1-2-4-6(5)8/h1-14,16H,15H2,(H2,34,35,36);1-10,12H,11H2;1-4H,7-8H2. The van der Waals surface area contributed by atoms with E-state index in [1.54, 1.807) is 60.7 Å². The van der Waals surface area contributed by atoms with Crippen LogP contribution in [0.1, 0.15) is 44.8 Å². The monoisotopic (exact) mass is 1040 g/mol. The van der Waals surface area contributed by atoms with Crippen LogP contribution in [0.25, 0.3) is 11.0 Å². The summed E-state index contributed by atoms with van der Waals surface area (Å²) in [6, 6.07) is 43.7. The molecule has 6 N–H and O–H groups in total. The van der Waals surface area contributed by atoms with Crippen molar-refractivity contribution in [2.24, 2.45) is 4.36 Å². The highest BCUT2D eigenvalue weighted by Gasteiger charge is 2.42. The first-order valence-corrected chi connectivity index (χ1v) is 22.7. The summed E-state index contributed by atoms with van der Waals surface area (Å²) in [6.45, 7) is 0. The van der Waals surface area contributed by atoms with Gasteiger partial charge in [0.05, 0.1) is 55.0 Å². The largest absolute Gasteiger partial charge is 0.416 e. The van der Waals surface area contributed by atoms with Crippen LogP contribution >= 0.6 is 23.2 Å². The Morgan fingerprint density at radius 2 is 1.00 bits per heavy atom. The van der Waals surface area contributed by atoms with Crippen molar-refractivity contribution >= 4 is 64.0 Å². The number of anilines is 3. The van der Waals surface area contributed by atoms with Crippen molar-refractivity contribution in [3.8, 4) is 0 Å². The molecular formula is C53H40Cl2F8N8S. The van der Waals surface area contributed by atoms with Crippen molar-refractivity contribution in [1.29, 1.82) is 0 Å². The fourth-order valence-corrected chi connectivity index (χ4v) is 8.24. The van der Waals surface area contributed by atoms with E-state index in [0.717, 1.165) is 40.9 Å². The highest BCUT2D eigenvalue weighted by atomic mass is 35.5. The predicted molar refractivity (Wildman–Crippen MR) is 268 cm³/mol. The first-order chi connectivity index (χ1) is 34.3. The van der Waals surface area contributed by atoms with E-state index in [9.17, 15) is 35.1 Å². The average molecular weight is 1040 g/mol. The molecule has 2 atom stereocenters. The second kappa shape index (κ2) is 22.3. The van der Waals surface area contributed by atoms with Gasteiger partial charge in [-0.3, -0.25) is 9.97 Å². The average Bonchev–Trinajstić information content (AvgIpc) is 3.77. The predicted octanol–water partition coefficient (Wildman–Crippen LogP) is 14.3. The minimum atomic E-state index is -4.75. The lowest BCUT2D eigenvalue weighted by Gasteiger charge is -2.35. The fraction of sp³-hybridized carbons (Fsp3) is 0.113. The van der Waals surface area contributed by atoms with Crippen LogP contribution in [0.5, 0.6) is 0 Å². The number of nitrogens with two attached hydrogens (primary N) is 2. The molecule has 0 aliphatic carbocycles. The molecule has 0 saturated heterocycles. The summed E-state index contributed by atoms with van der Waals surface area (Å²) in [5.74, 6) is -1.76. The summed E-state index contributed by atoms with van der Waals surface area (Å²) in [7, 11) is 0. The molecule has 9 aromatic rings. The van der Waals surface area contributed by atoms with E-state index in [2.05, 4.69) is 29.6 Å². The molecule has 3 aromatic heterocycles.